The van der Waals surface area contributed by atoms with Crippen molar-refractivity contribution in [2.45, 2.75) is 25.4 Å². The number of ether oxygens (including phenoxy) is 2. The van der Waals surface area contributed by atoms with Crippen molar-refractivity contribution in [1.82, 2.24) is 9.88 Å². The molecule has 3 heterocycles. The largest absolute Gasteiger partial charge is 0.480 e. The number of fused-ring (bicyclic) bond motifs is 1. The third-order valence-corrected chi connectivity index (χ3v) is 5.13. The molecular formula is C16H16N2O4S. The summed E-state index contributed by atoms with van der Waals surface area (Å²) in [5.41, 5.74) is 1.90. The molecule has 7 heteroatoms. The average molecular weight is 332 g/mol. The molecule has 6 nitrogen and oxygen atoms in total. The summed E-state index contributed by atoms with van der Waals surface area (Å²) in [6, 6.07) is 5.40. The Bertz CT molecular complexity index is 745. The van der Waals surface area contributed by atoms with Gasteiger partial charge in [0.05, 0.1) is 5.69 Å². The van der Waals surface area contributed by atoms with Crippen LogP contribution in [0, 0.1) is 0 Å². The number of aromatic nitrogens is 1. The highest BCUT2D eigenvalue weighted by molar-refractivity contribution is 7.13. The Labute approximate surface area is 137 Å². The van der Waals surface area contributed by atoms with Crippen LogP contribution in [0.3, 0.4) is 0 Å². The number of carboxylic acids is 1. The standard InChI is InChI=1S/C16H16N2O4S/c19-16(20)12-2-1-5-18(12)7-11-8-23-15(17-11)10-3-4-13-14(6-10)22-9-21-13/h3-4,6,8,12H,1-2,5,7,9H2,(H,19,20). The average Bonchev–Trinajstić information content (AvgIpc) is 3.26. The van der Waals surface area contributed by atoms with E-state index in [0.717, 1.165) is 40.7 Å². The highest BCUT2D eigenvalue weighted by Gasteiger charge is 2.30. The fourth-order valence-corrected chi connectivity index (χ4v) is 3.85. The van der Waals surface area contributed by atoms with Crippen LogP contribution in [0.4, 0.5) is 0 Å². The first-order valence-electron chi connectivity index (χ1n) is 7.52. The number of carbonyl (C=O) groups is 1. The van der Waals surface area contributed by atoms with Crippen LogP contribution >= 0.6 is 11.3 Å². The molecule has 120 valence electrons. The molecule has 0 radical (unpaired) electrons. The van der Waals surface area contributed by atoms with Gasteiger partial charge in [-0.3, -0.25) is 9.69 Å². The number of carboxylic acid groups (broad SMARTS) is 1. The van der Waals surface area contributed by atoms with Gasteiger partial charge in [-0.25, -0.2) is 4.98 Å². The molecule has 1 N–H and O–H groups in total. The van der Waals surface area contributed by atoms with Crippen LogP contribution in [0.2, 0.25) is 0 Å². The quantitative estimate of drug-likeness (QED) is 0.928. The number of rotatable bonds is 4. The third-order valence-electron chi connectivity index (χ3n) is 4.19. The van der Waals surface area contributed by atoms with Crippen molar-refractivity contribution in [2.75, 3.05) is 13.3 Å². The van der Waals surface area contributed by atoms with E-state index in [1.807, 2.05) is 28.5 Å². The molecule has 1 fully saturated rings. The fourth-order valence-electron chi connectivity index (χ4n) is 3.04. The molecular weight excluding hydrogens is 316 g/mol. The van der Waals surface area contributed by atoms with Crippen molar-refractivity contribution in [3.8, 4) is 22.1 Å². The molecule has 2 aliphatic heterocycles. The zero-order valence-corrected chi connectivity index (χ0v) is 13.2. The normalized spacial score (nSPS) is 20.1. The minimum atomic E-state index is -0.742. The van der Waals surface area contributed by atoms with Gasteiger partial charge in [-0.15, -0.1) is 11.3 Å². The van der Waals surface area contributed by atoms with Crippen LogP contribution in [0.1, 0.15) is 18.5 Å². The molecule has 2 aliphatic rings. The van der Waals surface area contributed by atoms with Crippen molar-refractivity contribution in [3.05, 3.63) is 29.3 Å². The zero-order chi connectivity index (χ0) is 15.8. The molecule has 4 rings (SSSR count). The maximum atomic E-state index is 11.3. The summed E-state index contributed by atoms with van der Waals surface area (Å²) < 4.78 is 10.7. The minimum absolute atomic E-state index is 0.257. The number of nitrogens with zero attached hydrogens (tertiary/aromatic N) is 2. The van der Waals surface area contributed by atoms with Gasteiger partial charge in [0.15, 0.2) is 11.5 Å². The second kappa shape index (κ2) is 5.82. The molecule has 0 amide bonds. The Morgan fingerprint density at radius 3 is 3.13 bits per heavy atom. The van der Waals surface area contributed by atoms with Crippen LogP contribution in [0.5, 0.6) is 11.5 Å². The van der Waals surface area contributed by atoms with E-state index >= 15 is 0 Å². The second-order valence-corrected chi connectivity index (χ2v) is 6.54. The molecule has 0 saturated carbocycles. The van der Waals surface area contributed by atoms with Gasteiger partial charge in [0.1, 0.15) is 11.0 Å². The smallest absolute Gasteiger partial charge is 0.320 e. The van der Waals surface area contributed by atoms with Gasteiger partial charge in [0.2, 0.25) is 6.79 Å². The predicted molar refractivity (Wildman–Crippen MR) is 84.7 cm³/mol. The topological polar surface area (TPSA) is 71.9 Å². The Morgan fingerprint density at radius 1 is 1.39 bits per heavy atom. The van der Waals surface area contributed by atoms with Crippen molar-refractivity contribution < 1.29 is 19.4 Å². The third kappa shape index (κ3) is 2.77. The first kappa shape index (κ1) is 14.5. The molecule has 2 aromatic rings. The van der Waals surface area contributed by atoms with E-state index in [1.165, 1.54) is 0 Å². The lowest BCUT2D eigenvalue weighted by atomic mass is 10.2. The summed E-state index contributed by atoms with van der Waals surface area (Å²) in [5, 5.41) is 12.2. The van der Waals surface area contributed by atoms with Crippen LogP contribution in [0.15, 0.2) is 23.6 Å². The van der Waals surface area contributed by atoms with Crippen LogP contribution in [-0.2, 0) is 11.3 Å². The molecule has 0 aliphatic carbocycles. The fraction of sp³-hybridized carbons (Fsp3) is 0.375. The summed E-state index contributed by atoms with van der Waals surface area (Å²) >= 11 is 1.56. The van der Waals surface area contributed by atoms with Gasteiger partial charge in [-0.1, -0.05) is 0 Å². The first-order valence-corrected chi connectivity index (χ1v) is 8.40. The van der Waals surface area contributed by atoms with Gasteiger partial charge in [-0.05, 0) is 37.6 Å². The van der Waals surface area contributed by atoms with Crippen molar-refractivity contribution in [2.24, 2.45) is 0 Å². The van der Waals surface area contributed by atoms with Gasteiger partial charge in [-0.2, -0.15) is 0 Å². The number of benzene rings is 1. The predicted octanol–water partition coefficient (Wildman–Crippen LogP) is 2.59. The molecule has 1 aromatic carbocycles. The Balaban J connectivity index is 1.52. The summed E-state index contributed by atoms with van der Waals surface area (Å²) in [4.78, 5) is 17.9. The number of hydrogen-bond donors (Lipinski definition) is 1. The maximum Gasteiger partial charge on any atom is 0.320 e. The summed E-state index contributed by atoms with van der Waals surface area (Å²) in [7, 11) is 0. The van der Waals surface area contributed by atoms with Crippen LogP contribution in [0.25, 0.3) is 10.6 Å². The Kier molecular flexibility index (Phi) is 3.66. The first-order chi connectivity index (χ1) is 11.2. The summed E-state index contributed by atoms with van der Waals surface area (Å²) in [6.45, 7) is 1.65. The van der Waals surface area contributed by atoms with Crippen molar-refractivity contribution in [3.63, 3.8) is 0 Å². The van der Waals surface area contributed by atoms with E-state index in [4.69, 9.17) is 9.47 Å². The molecule has 0 bridgehead atoms. The van der Waals surface area contributed by atoms with Gasteiger partial charge >= 0.3 is 5.97 Å². The SMILES string of the molecule is O=C(O)C1CCCN1Cc1csc(-c2ccc3c(c2)OCO3)n1. The number of thiazole rings is 1. The molecule has 1 saturated heterocycles. The lowest BCUT2D eigenvalue weighted by Crippen LogP contribution is -2.35. The minimum Gasteiger partial charge on any atom is -0.480 e. The van der Waals surface area contributed by atoms with E-state index in [0.29, 0.717) is 13.0 Å². The summed E-state index contributed by atoms with van der Waals surface area (Å²) in [6.07, 6.45) is 1.64. The number of hydrogen-bond acceptors (Lipinski definition) is 6. The molecule has 1 aromatic heterocycles. The monoisotopic (exact) mass is 332 g/mol. The van der Waals surface area contributed by atoms with E-state index < -0.39 is 5.97 Å². The van der Waals surface area contributed by atoms with Gasteiger partial charge < -0.3 is 14.6 Å². The summed E-state index contributed by atoms with van der Waals surface area (Å²) in [5.74, 6) is 0.755. The Morgan fingerprint density at radius 2 is 2.26 bits per heavy atom. The van der Waals surface area contributed by atoms with Crippen LogP contribution in [-0.4, -0.2) is 40.3 Å². The van der Waals surface area contributed by atoms with E-state index in [9.17, 15) is 9.90 Å². The molecule has 1 unspecified atom stereocenters. The van der Waals surface area contributed by atoms with Crippen molar-refractivity contribution >= 4 is 17.3 Å². The molecule has 23 heavy (non-hydrogen) atoms. The van der Waals surface area contributed by atoms with Crippen LogP contribution < -0.4 is 9.47 Å². The van der Waals surface area contributed by atoms with E-state index in [2.05, 4.69) is 4.98 Å². The molecule has 1 atom stereocenters. The second-order valence-electron chi connectivity index (χ2n) is 5.68. The maximum absolute atomic E-state index is 11.3. The van der Waals surface area contributed by atoms with Gasteiger partial charge in [0.25, 0.3) is 0 Å². The number of likely N-dealkylation sites (tertiary alicyclic amines) is 1. The Hall–Kier alpha value is -2.12. The number of aliphatic carboxylic acids is 1. The van der Waals surface area contributed by atoms with E-state index in [-0.39, 0.29) is 12.8 Å². The van der Waals surface area contributed by atoms with Crippen molar-refractivity contribution in [1.29, 1.82) is 0 Å². The van der Waals surface area contributed by atoms with Gasteiger partial charge in [0, 0.05) is 17.5 Å². The lowest BCUT2D eigenvalue weighted by molar-refractivity contribution is -0.142. The lowest BCUT2D eigenvalue weighted by Gasteiger charge is -2.19. The highest BCUT2D eigenvalue weighted by Crippen LogP contribution is 2.36. The van der Waals surface area contributed by atoms with E-state index in [1.54, 1.807) is 11.3 Å². The zero-order valence-electron chi connectivity index (χ0n) is 12.4. The molecule has 0 spiro atoms. The highest BCUT2D eigenvalue weighted by atomic mass is 32.1.